The third kappa shape index (κ3) is 4.35. The topological polar surface area (TPSA) is 23.8 Å². The van der Waals surface area contributed by atoms with E-state index in [1.54, 1.807) is 0 Å². The van der Waals surface area contributed by atoms with Crippen LogP contribution in [0.15, 0.2) is 0 Å². The summed E-state index contributed by atoms with van der Waals surface area (Å²) in [7, 11) is 0. The molecule has 1 unspecified atom stereocenters. The van der Waals surface area contributed by atoms with Gasteiger partial charge in [0.1, 0.15) is 0 Å². The Morgan fingerprint density at radius 2 is 2.11 bits per heavy atom. The molecule has 0 saturated heterocycles. The molecule has 0 aliphatic heterocycles. The summed E-state index contributed by atoms with van der Waals surface area (Å²) in [5.74, 6) is 1.45. The first-order valence-electron chi connectivity index (χ1n) is 3.21. The van der Waals surface area contributed by atoms with Gasteiger partial charge in [-0.3, -0.25) is 0 Å². The van der Waals surface area contributed by atoms with Gasteiger partial charge >= 0.3 is 0 Å². The number of hydrogen-bond acceptors (Lipinski definition) is 2. The van der Waals surface area contributed by atoms with Gasteiger partial charge in [0.25, 0.3) is 0 Å². The first-order valence-corrected chi connectivity index (χ1v) is 3.84. The number of thiol groups is 1. The Labute approximate surface area is 62.5 Å². The number of nitrogens with zero attached hydrogens (tertiary/aromatic N) is 1. The summed E-state index contributed by atoms with van der Waals surface area (Å²) < 4.78 is 0. The van der Waals surface area contributed by atoms with Crippen LogP contribution in [0.25, 0.3) is 0 Å². The second-order valence-corrected chi connectivity index (χ2v) is 3.00. The van der Waals surface area contributed by atoms with Crippen molar-refractivity contribution in [2.45, 2.75) is 20.3 Å². The van der Waals surface area contributed by atoms with Crippen LogP contribution in [0.1, 0.15) is 20.3 Å². The zero-order valence-corrected chi connectivity index (χ0v) is 6.86. The van der Waals surface area contributed by atoms with Gasteiger partial charge in [-0.05, 0) is 12.3 Å². The minimum Gasteiger partial charge on any atom is -0.198 e. The average molecular weight is 143 g/mol. The maximum absolute atomic E-state index is 8.48. The van der Waals surface area contributed by atoms with Crippen molar-refractivity contribution in [1.29, 1.82) is 5.26 Å². The van der Waals surface area contributed by atoms with E-state index in [9.17, 15) is 0 Å². The van der Waals surface area contributed by atoms with Crippen LogP contribution in [-0.2, 0) is 0 Å². The molecule has 0 aliphatic carbocycles. The molecule has 0 aliphatic rings. The van der Waals surface area contributed by atoms with E-state index in [0.717, 1.165) is 6.42 Å². The van der Waals surface area contributed by atoms with Crippen LogP contribution in [-0.4, -0.2) is 5.75 Å². The van der Waals surface area contributed by atoms with Gasteiger partial charge in [-0.1, -0.05) is 13.8 Å². The maximum Gasteiger partial charge on any atom is 0.0664 e. The van der Waals surface area contributed by atoms with Crippen LogP contribution in [0.2, 0.25) is 0 Å². The Bertz CT molecular complexity index is 104. The van der Waals surface area contributed by atoms with Crippen molar-refractivity contribution < 1.29 is 0 Å². The van der Waals surface area contributed by atoms with Crippen LogP contribution >= 0.6 is 12.6 Å². The van der Waals surface area contributed by atoms with Gasteiger partial charge in [-0.2, -0.15) is 17.9 Å². The Kier molecular flexibility index (Phi) is 4.61. The van der Waals surface area contributed by atoms with Gasteiger partial charge in [0.15, 0.2) is 0 Å². The largest absolute Gasteiger partial charge is 0.198 e. The van der Waals surface area contributed by atoms with E-state index in [1.165, 1.54) is 0 Å². The van der Waals surface area contributed by atoms with Crippen molar-refractivity contribution in [1.82, 2.24) is 0 Å². The SMILES string of the molecule is CC(C)CC(C#N)CS. The molecule has 1 atom stereocenters. The summed E-state index contributed by atoms with van der Waals surface area (Å²) in [6.07, 6.45) is 0.972. The normalized spacial score (nSPS) is 13.2. The number of rotatable bonds is 3. The molecule has 0 spiro atoms. The summed E-state index contributed by atoms with van der Waals surface area (Å²) >= 11 is 4.05. The Hall–Kier alpha value is -0.160. The predicted octanol–water partition coefficient (Wildman–Crippen LogP) is 2.10. The molecule has 9 heavy (non-hydrogen) atoms. The van der Waals surface area contributed by atoms with Crippen molar-refractivity contribution in [2.75, 3.05) is 5.75 Å². The summed E-state index contributed by atoms with van der Waals surface area (Å²) in [4.78, 5) is 0. The van der Waals surface area contributed by atoms with E-state index in [4.69, 9.17) is 5.26 Å². The molecular formula is C7H13NS. The van der Waals surface area contributed by atoms with E-state index in [2.05, 4.69) is 32.5 Å². The third-order valence-corrected chi connectivity index (χ3v) is 1.60. The number of nitriles is 1. The highest BCUT2D eigenvalue weighted by Crippen LogP contribution is 2.11. The molecule has 0 rings (SSSR count). The molecular weight excluding hydrogens is 130 g/mol. The molecule has 1 nitrogen and oxygen atoms in total. The zero-order valence-electron chi connectivity index (χ0n) is 5.96. The highest BCUT2D eigenvalue weighted by molar-refractivity contribution is 7.80. The van der Waals surface area contributed by atoms with Crippen LogP contribution < -0.4 is 0 Å². The van der Waals surface area contributed by atoms with Crippen molar-refractivity contribution in [2.24, 2.45) is 11.8 Å². The zero-order chi connectivity index (χ0) is 7.28. The second-order valence-electron chi connectivity index (χ2n) is 2.64. The Morgan fingerprint density at radius 3 is 2.22 bits per heavy atom. The molecule has 0 heterocycles. The summed E-state index contributed by atoms with van der Waals surface area (Å²) in [6, 6.07) is 2.21. The van der Waals surface area contributed by atoms with Crippen molar-refractivity contribution >= 4 is 12.6 Å². The fourth-order valence-corrected chi connectivity index (χ4v) is 0.968. The second kappa shape index (κ2) is 4.69. The van der Waals surface area contributed by atoms with Crippen LogP contribution in [0.3, 0.4) is 0 Å². The van der Waals surface area contributed by atoms with Gasteiger partial charge in [0.2, 0.25) is 0 Å². The monoisotopic (exact) mass is 143 g/mol. The van der Waals surface area contributed by atoms with Gasteiger partial charge in [-0.15, -0.1) is 0 Å². The molecule has 0 bridgehead atoms. The molecule has 2 heteroatoms. The molecule has 0 fully saturated rings. The molecule has 0 aromatic carbocycles. The molecule has 0 radical (unpaired) electrons. The molecule has 0 aromatic rings. The maximum atomic E-state index is 8.48. The standard InChI is InChI=1S/C7H13NS/c1-6(2)3-7(4-8)5-9/h6-7,9H,3,5H2,1-2H3. The summed E-state index contributed by atoms with van der Waals surface area (Å²) in [5.41, 5.74) is 0. The van der Waals surface area contributed by atoms with E-state index >= 15 is 0 Å². The first kappa shape index (κ1) is 8.84. The van der Waals surface area contributed by atoms with Gasteiger partial charge in [0, 0.05) is 5.75 Å². The highest BCUT2D eigenvalue weighted by atomic mass is 32.1. The van der Waals surface area contributed by atoms with Crippen LogP contribution in [0.5, 0.6) is 0 Å². The molecule has 0 saturated carbocycles. The van der Waals surface area contributed by atoms with E-state index in [-0.39, 0.29) is 5.92 Å². The Balaban J connectivity index is 3.47. The van der Waals surface area contributed by atoms with Crippen molar-refractivity contribution in [3.05, 3.63) is 0 Å². The molecule has 52 valence electrons. The molecule has 0 N–H and O–H groups in total. The lowest BCUT2D eigenvalue weighted by Crippen LogP contribution is -2.02. The van der Waals surface area contributed by atoms with E-state index < -0.39 is 0 Å². The lowest BCUT2D eigenvalue weighted by atomic mass is 10.0. The van der Waals surface area contributed by atoms with Crippen LogP contribution in [0, 0.1) is 23.2 Å². The lowest BCUT2D eigenvalue weighted by Gasteiger charge is -2.06. The Morgan fingerprint density at radius 1 is 1.56 bits per heavy atom. The van der Waals surface area contributed by atoms with Gasteiger partial charge in [0.05, 0.1) is 12.0 Å². The lowest BCUT2D eigenvalue weighted by molar-refractivity contribution is 0.515. The summed E-state index contributed by atoms with van der Waals surface area (Å²) in [6.45, 7) is 4.24. The van der Waals surface area contributed by atoms with Crippen LogP contribution in [0.4, 0.5) is 0 Å². The minimum atomic E-state index is 0.147. The average Bonchev–Trinajstić information content (AvgIpc) is 1.82. The summed E-state index contributed by atoms with van der Waals surface area (Å²) in [5, 5.41) is 8.48. The third-order valence-electron chi connectivity index (χ3n) is 1.16. The molecule has 0 aromatic heterocycles. The van der Waals surface area contributed by atoms with Crippen molar-refractivity contribution in [3.8, 4) is 6.07 Å². The minimum absolute atomic E-state index is 0.147. The molecule has 0 amide bonds. The van der Waals surface area contributed by atoms with Crippen molar-refractivity contribution in [3.63, 3.8) is 0 Å². The van der Waals surface area contributed by atoms with E-state index in [1.807, 2.05) is 0 Å². The smallest absolute Gasteiger partial charge is 0.0664 e. The number of hydrogen-bond donors (Lipinski definition) is 1. The van der Waals surface area contributed by atoms with E-state index in [0.29, 0.717) is 11.7 Å². The van der Waals surface area contributed by atoms with Gasteiger partial charge in [-0.25, -0.2) is 0 Å². The fourth-order valence-electron chi connectivity index (χ4n) is 0.737. The van der Waals surface area contributed by atoms with Gasteiger partial charge < -0.3 is 0 Å². The predicted molar refractivity (Wildman–Crippen MR) is 42.4 cm³/mol. The first-order chi connectivity index (χ1) is 4.20. The quantitative estimate of drug-likeness (QED) is 0.601. The fraction of sp³-hybridized carbons (Fsp3) is 0.857. The highest BCUT2D eigenvalue weighted by Gasteiger charge is 2.05.